The van der Waals surface area contributed by atoms with Gasteiger partial charge < -0.3 is 15.4 Å². The fourth-order valence-electron chi connectivity index (χ4n) is 2.95. The smallest absolute Gasteiger partial charge is 0.261 e. The largest absolute Gasteiger partial charge is 0.479 e. The molecule has 0 aliphatic carbocycles. The molecular formula is C21H21ClF3N5O3S. The number of amides is 1. The van der Waals surface area contributed by atoms with E-state index < -0.39 is 47.8 Å². The molecule has 1 heterocycles. The van der Waals surface area contributed by atoms with E-state index in [2.05, 4.69) is 25.0 Å². The minimum absolute atomic E-state index is 0.0443. The molecule has 0 saturated carbocycles. The van der Waals surface area contributed by atoms with Crippen molar-refractivity contribution in [2.24, 2.45) is 4.36 Å². The van der Waals surface area contributed by atoms with Crippen LogP contribution in [0.5, 0.6) is 5.75 Å². The van der Waals surface area contributed by atoms with Gasteiger partial charge in [-0.2, -0.15) is 0 Å². The van der Waals surface area contributed by atoms with Crippen LogP contribution < -0.4 is 15.4 Å². The van der Waals surface area contributed by atoms with Crippen molar-refractivity contribution in [3.05, 3.63) is 47.5 Å². The fraction of sp³-hybridized carbons (Fsp3) is 0.286. The van der Waals surface area contributed by atoms with E-state index >= 15 is 0 Å². The van der Waals surface area contributed by atoms with E-state index in [1.807, 2.05) is 0 Å². The minimum atomic E-state index is -1.79. The summed E-state index contributed by atoms with van der Waals surface area (Å²) in [6, 6.07) is 5.39. The molecule has 13 heteroatoms. The van der Waals surface area contributed by atoms with Crippen LogP contribution in [-0.2, 0) is 15.4 Å². The number of rotatable bonds is 9. The first-order valence-electron chi connectivity index (χ1n) is 9.94. The summed E-state index contributed by atoms with van der Waals surface area (Å²) in [6.45, 7) is -0.794. The number of thiol groups is 1. The zero-order valence-electron chi connectivity index (χ0n) is 18.1. The third-order valence-electron chi connectivity index (χ3n) is 4.52. The zero-order chi connectivity index (χ0) is 24.8. The first kappa shape index (κ1) is 25.5. The normalized spacial score (nSPS) is 13.1. The Kier molecular flexibility index (Phi) is 8.51. The Bertz CT molecular complexity index is 1290. The summed E-state index contributed by atoms with van der Waals surface area (Å²) in [7, 11) is -1.79. The molecule has 1 unspecified atom stereocenters. The van der Waals surface area contributed by atoms with E-state index in [1.54, 1.807) is 6.07 Å². The molecule has 0 aliphatic heterocycles. The van der Waals surface area contributed by atoms with E-state index in [9.17, 15) is 22.2 Å². The van der Waals surface area contributed by atoms with Gasteiger partial charge in [0.1, 0.15) is 37.1 Å². The van der Waals surface area contributed by atoms with Crippen molar-refractivity contribution >= 4 is 56.2 Å². The van der Waals surface area contributed by atoms with Gasteiger partial charge >= 0.3 is 0 Å². The first-order chi connectivity index (χ1) is 16.2. The van der Waals surface area contributed by atoms with Gasteiger partial charge in [-0.15, -0.1) is 0 Å². The second-order valence-electron chi connectivity index (χ2n) is 7.15. The number of nitrogens with zero attached hydrogens (tertiary/aromatic N) is 3. The summed E-state index contributed by atoms with van der Waals surface area (Å²) in [5, 5.41) is 5.81. The van der Waals surface area contributed by atoms with E-state index in [4.69, 9.17) is 16.3 Å². The van der Waals surface area contributed by atoms with Crippen LogP contribution in [0.25, 0.3) is 10.9 Å². The standard InChI is InChI=1S/C21H21ClF3N5O3S/c1-11(21(31)28-14(8-23)9-24)33-18-5-12(25)3-4-16(18)29-20-19-15(22)6-13(30-34(2)32)7-17(19)26-10-27-20/h3-7,10-11,14,34H,8-9H2,1-2H3,(H,28,31)(H,26,27,29)/t11-/m1/s1. The molecule has 0 aliphatic rings. The lowest BCUT2D eigenvalue weighted by atomic mass is 10.2. The van der Waals surface area contributed by atoms with Gasteiger partial charge in [0.2, 0.25) is 0 Å². The van der Waals surface area contributed by atoms with Crippen LogP contribution in [0.2, 0.25) is 5.02 Å². The molecule has 1 amide bonds. The molecule has 2 aromatic carbocycles. The van der Waals surface area contributed by atoms with Crippen LogP contribution >= 0.6 is 11.6 Å². The summed E-state index contributed by atoms with van der Waals surface area (Å²) in [5.41, 5.74) is 1.05. The Morgan fingerprint density at radius 1 is 1.24 bits per heavy atom. The molecule has 0 fully saturated rings. The number of aromatic nitrogens is 2. The number of ether oxygens (including phenoxy) is 1. The lowest BCUT2D eigenvalue weighted by molar-refractivity contribution is -0.128. The number of benzene rings is 2. The van der Waals surface area contributed by atoms with Gasteiger partial charge in [0.05, 0.1) is 33.3 Å². The van der Waals surface area contributed by atoms with Crippen molar-refractivity contribution in [2.75, 3.05) is 24.9 Å². The van der Waals surface area contributed by atoms with Gasteiger partial charge in [-0.05, 0) is 31.2 Å². The van der Waals surface area contributed by atoms with Gasteiger partial charge in [-0.3, -0.25) is 9.00 Å². The topological polar surface area (TPSA) is 106 Å². The number of halogens is 4. The second kappa shape index (κ2) is 11.3. The van der Waals surface area contributed by atoms with Crippen molar-refractivity contribution in [2.45, 2.75) is 19.1 Å². The minimum Gasteiger partial charge on any atom is -0.479 e. The maximum Gasteiger partial charge on any atom is 0.261 e. The Morgan fingerprint density at radius 3 is 2.65 bits per heavy atom. The Labute approximate surface area is 200 Å². The number of carbonyl (C=O) groups excluding carboxylic acids is 1. The summed E-state index contributed by atoms with van der Waals surface area (Å²) in [4.78, 5) is 20.6. The highest BCUT2D eigenvalue weighted by atomic mass is 35.5. The van der Waals surface area contributed by atoms with Crippen LogP contribution in [0, 0.1) is 5.82 Å². The van der Waals surface area contributed by atoms with Crippen molar-refractivity contribution in [3.8, 4) is 5.75 Å². The highest BCUT2D eigenvalue weighted by Gasteiger charge is 2.21. The van der Waals surface area contributed by atoms with Gasteiger partial charge in [0.25, 0.3) is 5.91 Å². The number of fused-ring (bicyclic) bond motifs is 1. The molecular weight excluding hydrogens is 495 g/mol. The number of carbonyl (C=O) groups is 1. The van der Waals surface area contributed by atoms with Gasteiger partial charge in [0, 0.05) is 22.9 Å². The molecule has 0 saturated heterocycles. The lowest BCUT2D eigenvalue weighted by Crippen LogP contribution is -2.44. The number of hydrogen-bond donors (Lipinski definition) is 3. The summed E-state index contributed by atoms with van der Waals surface area (Å²) in [6.07, 6.45) is 1.53. The van der Waals surface area contributed by atoms with Crippen LogP contribution in [0.15, 0.2) is 41.0 Å². The predicted molar refractivity (Wildman–Crippen MR) is 126 cm³/mol. The Morgan fingerprint density at radius 2 is 1.97 bits per heavy atom. The molecule has 3 aromatic rings. The molecule has 3 rings (SSSR count). The first-order valence-corrected chi connectivity index (χ1v) is 12.0. The Balaban J connectivity index is 1.93. The zero-order valence-corrected chi connectivity index (χ0v) is 19.7. The van der Waals surface area contributed by atoms with Gasteiger partial charge in [-0.25, -0.2) is 27.5 Å². The summed E-state index contributed by atoms with van der Waals surface area (Å²) in [5.74, 6) is -1.19. The molecule has 0 spiro atoms. The highest BCUT2D eigenvalue weighted by Crippen LogP contribution is 2.36. The maximum absolute atomic E-state index is 13.9. The average Bonchev–Trinajstić information content (AvgIpc) is 2.78. The van der Waals surface area contributed by atoms with Gasteiger partial charge in [0.15, 0.2) is 6.10 Å². The monoisotopic (exact) mass is 515 g/mol. The second-order valence-corrected chi connectivity index (χ2v) is 8.68. The van der Waals surface area contributed by atoms with Crippen LogP contribution in [0.1, 0.15) is 6.92 Å². The van der Waals surface area contributed by atoms with Gasteiger partial charge in [-0.1, -0.05) is 11.6 Å². The van der Waals surface area contributed by atoms with E-state index in [0.29, 0.717) is 16.6 Å². The molecule has 2 atom stereocenters. The molecule has 1 aromatic heterocycles. The average molecular weight is 516 g/mol. The van der Waals surface area contributed by atoms with Crippen molar-refractivity contribution in [3.63, 3.8) is 0 Å². The van der Waals surface area contributed by atoms with E-state index in [0.717, 1.165) is 6.07 Å². The van der Waals surface area contributed by atoms with Crippen molar-refractivity contribution in [1.82, 2.24) is 15.3 Å². The lowest BCUT2D eigenvalue weighted by Gasteiger charge is -2.20. The van der Waals surface area contributed by atoms with Crippen LogP contribution in [0.4, 0.5) is 30.4 Å². The number of hydrogen-bond acceptors (Lipinski definition) is 7. The van der Waals surface area contributed by atoms with Crippen molar-refractivity contribution < 1.29 is 26.9 Å². The van der Waals surface area contributed by atoms with Crippen molar-refractivity contribution in [1.29, 1.82) is 0 Å². The van der Waals surface area contributed by atoms with E-state index in [1.165, 1.54) is 37.7 Å². The number of alkyl halides is 2. The summed E-state index contributed by atoms with van der Waals surface area (Å²) >= 11 is 6.40. The molecule has 0 bridgehead atoms. The van der Waals surface area contributed by atoms with E-state index in [-0.39, 0.29) is 22.3 Å². The number of anilines is 2. The molecule has 8 nitrogen and oxygen atoms in total. The predicted octanol–water partition coefficient (Wildman–Crippen LogP) is 4.28. The number of nitrogens with one attached hydrogen (secondary N) is 2. The molecule has 2 N–H and O–H groups in total. The highest BCUT2D eigenvalue weighted by molar-refractivity contribution is 7.74. The molecule has 182 valence electrons. The summed E-state index contributed by atoms with van der Waals surface area (Å²) < 4.78 is 60.4. The maximum atomic E-state index is 13.9. The third kappa shape index (κ3) is 6.26. The third-order valence-corrected chi connectivity index (χ3v) is 5.33. The van der Waals surface area contributed by atoms with Crippen LogP contribution in [0.3, 0.4) is 0 Å². The molecule has 0 radical (unpaired) electrons. The quantitative estimate of drug-likeness (QED) is 0.367. The molecule has 34 heavy (non-hydrogen) atoms. The Hall–Kier alpha value is -3.12. The fourth-order valence-corrected chi connectivity index (χ4v) is 3.69. The van der Waals surface area contributed by atoms with Crippen LogP contribution in [-0.4, -0.2) is 51.8 Å². The SMILES string of the molecule is C[C@@H](Oc1cc(F)ccc1Nc1ncnc2cc(/N=[SH](/C)=O)cc(Cl)c12)C(=O)NC(CF)CF.